The molecule has 2 aromatic heterocycles. The first-order valence-corrected chi connectivity index (χ1v) is 11.4. The van der Waals surface area contributed by atoms with Gasteiger partial charge in [0.05, 0.1) is 24.2 Å². The van der Waals surface area contributed by atoms with Gasteiger partial charge in [0, 0.05) is 29.7 Å². The quantitative estimate of drug-likeness (QED) is 0.353. The maximum atomic E-state index is 12.3. The summed E-state index contributed by atoms with van der Waals surface area (Å²) in [5, 5.41) is 1.61. The fraction of sp³-hybridized carbons (Fsp3) is 0.300. The molecule has 1 fully saturated rings. The number of amides is 2. The highest BCUT2D eigenvalue weighted by molar-refractivity contribution is 7.91. The summed E-state index contributed by atoms with van der Waals surface area (Å²) in [6.07, 6.45) is 0.773. The van der Waals surface area contributed by atoms with E-state index in [1.54, 1.807) is 18.2 Å². The van der Waals surface area contributed by atoms with Crippen LogP contribution in [0.5, 0.6) is 5.75 Å². The van der Waals surface area contributed by atoms with E-state index in [9.17, 15) is 27.6 Å². The summed E-state index contributed by atoms with van der Waals surface area (Å²) in [6.45, 7) is -0.298. The van der Waals surface area contributed by atoms with E-state index in [0.29, 0.717) is 21.4 Å². The lowest BCUT2D eigenvalue weighted by Crippen LogP contribution is -2.32. The van der Waals surface area contributed by atoms with Crippen molar-refractivity contribution < 1.29 is 41.2 Å². The standard InChI is InChI=1S/C20H17NO10S/c22-14-2-3-15(23)21(14)31-17(25)6-9-32(26,27)10-8-29-20-18-13(5-7-28-18)11-12-1-4-16(24)30-19(12)20/h1,4-5,7,11H,2-3,6,8-10H2. The third-order valence-corrected chi connectivity index (χ3v) is 6.35. The smallest absolute Gasteiger partial charge is 0.336 e. The van der Waals surface area contributed by atoms with Crippen LogP contribution < -0.4 is 10.4 Å². The lowest BCUT2D eigenvalue weighted by atomic mass is 10.1. The highest BCUT2D eigenvalue weighted by Crippen LogP contribution is 2.34. The Balaban J connectivity index is 1.39. The minimum atomic E-state index is -3.75. The number of hydrogen-bond acceptors (Lipinski definition) is 10. The first-order chi connectivity index (χ1) is 15.2. The van der Waals surface area contributed by atoms with Crippen molar-refractivity contribution in [2.45, 2.75) is 19.3 Å². The summed E-state index contributed by atoms with van der Waals surface area (Å²) < 4.78 is 40.8. The summed E-state index contributed by atoms with van der Waals surface area (Å²) >= 11 is 0. The monoisotopic (exact) mass is 463 g/mol. The number of sulfone groups is 1. The van der Waals surface area contributed by atoms with Crippen LogP contribution in [-0.2, 0) is 29.1 Å². The van der Waals surface area contributed by atoms with Crippen LogP contribution in [0, 0.1) is 0 Å². The Labute approximate surface area is 180 Å². The van der Waals surface area contributed by atoms with Crippen molar-refractivity contribution in [3.05, 3.63) is 40.9 Å². The van der Waals surface area contributed by atoms with Crippen LogP contribution in [0.1, 0.15) is 19.3 Å². The second kappa shape index (κ2) is 8.46. The van der Waals surface area contributed by atoms with E-state index in [0.717, 1.165) is 0 Å². The van der Waals surface area contributed by atoms with Gasteiger partial charge in [-0.15, -0.1) is 5.06 Å². The van der Waals surface area contributed by atoms with E-state index in [1.807, 2.05) is 0 Å². The zero-order valence-electron chi connectivity index (χ0n) is 16.6. The molecule has 1 aliphatic rings. The molecular formula is C20H17NO10S. The Bertz CT molecular complexity index is 1370. The summed E-state index contributed by atoms with van der Waals surface area (Å²) in [4.78, 5) is 51.0. The minimum Gasteiger partial charge on any atom is -0.485 e. The van der Waals surface area contributed by atoms with Gasteiger partial charge in [-0.25, -0.2) is 18.0 Å². The molecule has 0 unspecified atom stereocenters. The predicted octanol–water partition coefficient (Wildman–Crippen LogP) is 1.33. The van der Waals surface area contributed by atoms with Crippen molar-refractivity contribution in [2.75, 3.05) is 18.1 Å². The number of fused-ring (bicyclic) bond motifs is 2. The van der Waals surface area contributed by atoms with Gasteiger partial charge in [0.1, 0.15) is 6.61 Å². The zero-order chi connectivity index (χ0) is 22.9. The van der Waals surface area contributed by atoms with E-state index >= 15 is 0 Å². The molecule has 11 nitrogen and oxygen atoms in total. The molecule has 168 valence electrons. The molecule has 3 aromatic rings. The lowest BCUT2D eigenvalue weighted by Gasteiger charge is -2.12. The molecule has 0 atom stereocenters. The summed E-state index contributed by atoms with van der Waals surface area (Å²) in [5.41, 5.74) is -0.178. The van der Waals surface area contributed by atoms with Gasteiger partial charge in [-0.05, 0) is 18.2 Å². The molecule has 1 saturated heterocycles. The molecule has 12 heteroatoms. The topological polar surface area (TPSA) is 150 Å². The average Bonchev–Trinajstić information content (AvgIpc) is 3.34. The molecule has 0 N–H and O–H groups in total. The molecule has 1 aromatic carbocycles. The van der Waals surface area contributed by atoms with E-state index in [4.69, 9.17) is 13.6 Å². The van der Waals surface area contributed by atoms with Gasteiger partial charge in [-0.3, -0.25) is 9.59 Å². The molecule has 3 heterocycles. The maximum Gasteiger partial charge on any atom is 0.336 e. The Hall–Kier alpha value is -3.67. The van der Waals surface area contributed by atoms with Gasteiger partial charge >= 0.3 is 11.6 Å². The second-order valence-corrected chi connectivity index (χ2v) is 9.32. The van der Waals surface area contributed by atoms with Crippen molar-refractivity contribution in [3.8, 4) is 5.75 Å². The highest BCUT2D eigenvalue weighted by atomic mass is 32.2. The van der Waals surface area contributed by atoms with E-state index in [1.165, 1.54) is 12.3 Å². The van der Waals surface area contributed by atoms with E-state index in [-0.39, 0.29) is 30.8 Å². The summed E-state index contributed by atoms with van der Waals surface area (Å²) in [7, 11) is -3.75. The highest BCUT2D eigenvalue weighted by Gasteiger charge is 2.33. The van der Waals surface area contributed by atoms with E-state index < -0.39 is 51.2 Å². The van der Waals surface area contributed by atoms with Crippen LogP contribution in [0.3, 0.4) is 0 Å². The largest absolute Gasteiger partial charge is 0.485 e. The Morgan fingerprint density at radius 2 is 1.72 bits per heavy atom. The lowest BCUT2D eigenvalue weighted by molar-refractivity contribution is -0.197. The van der Waals surface area contributed by atoms with Gasteiger partial charge in [0.25, 0.3) is 11.8 Å². The predicted molar refractivity (Wildman–Crippen MR) is 108 cm³/mol. The normalized spacial score (nSPS) is 14.4. The van der Waals surface area contributed by atoms with E-state index in [2.05, 4.69) is 4.84 Å². The summed E-state index contributed by atoms with van der Waals surface area (Å²) in [5.74, 6) is -3.22. The first kappa shape index (κ1) is 21.6. The molecule has 2 amide bonds. The number of nitrogens with zero attached hydrogens (tertiary/aromatic N) is 1. The molecule has 0 bridgehead atoms. The fourth-order valence-corrected chi connectivity index (χ4v) is 4.17. The number of rotatable bonds is 8. The Morgan fingerprint density at radius 1 is 1.00 bits per heavy atom. The molecule has 0 saturated carbocycles. The van der Waals surface area contributed by atoms with Gasteiger partial charge in [-0.2, -0.15) is 0 Å². The number of hydrogen-bond donors (Lipinski definition) is 0. The van der Waals surface area contributed by atoms with Gasteiger partial charge in [-0.1, -0.05) is 0 Å². The molecule has 0 spiro atoms. The SMILES string of the molecule is O=C(CCS(=O)(=O)CCOc1c2occc2cc2ccc(=O)oc12)ON1C(=O)CCC1=O. The van der Waals surface area contributed by atoms with Gasteiger partial charge in [0.15, 0.2) is 21.0 Å². The summed E-state index contributed by atoms with van der Waals surface area (Å²) in [6, 6.07) is 6.23. The molecule has 4 rings (SSSR count). The van der Waals surface area contributed by atoms with Crippen molar-refractivity contribution >= 4 is 49.6 Å². The van der Waals surface area contributed by atoms with Crippen LogP contribution in [-0.4, -0.2) is 49.4 Å². The van der Waals surface area contributed by atoms with Crippen molar-refractivity contribution in [3.63, 3.8) is 0 Å². The fourth-order valence-electron chi connectivity index (χ4n) is 3.15. The molecule has 1 aliphatic heterocycles. The third kappa shape index (κ3) is 4.49. The second-order valence-electron chi connectivity index (χ2n) is 7.01. The molecule has 0 radical (unpaired) electrons. The molecular weight excluding hydrogens is 446 g/mol. The Morgan fingerprint density at radius 3 is 2.47 bits per heavy atom. The first-order valence-electron chi connectivity index (χ1n) is 9.57. The van der Waals surface area contributed by atoms with Crippen LogP contribution in [0.15, 0.2) is 44.2 Å². The van der Waals surface area contributed by atoms with Crippen LogP contribution in [0.4, 0.5) is 0 Å². The Kier molecular flexibility index (Phi) is 5.70. The zero-order valence-corrected chi connectivity index (χ0v) is 17.4. The van der Waals surface area contributed by atoms with Crippen molar-refractivity contribution in [2.24, 2.45) is 0 Å². The number of imide groups is 1. The van der Waals surface area contributed by atoms with Crippen molar-refractivity contribution in [1.82, 2.24) is 5.06 Å². The number of benzene rings is 1. The molecule has 0 aliphatic carbocycles. The van der Waals surface area contributed by atoms with Gasteiger partial charge in [0.2, 0.25) is 5.75 Å². The number of hydroxylamine groups is 2. The van der Waals surface area contributed by atoms with Crippen molar-refractivity contribution in [1.29, 1.82) is 0 Å². The van der Waals surface area contributed by atoms with Gasteiger partial charge < -0.3 is 18.4 Å². The number of furan rings is 1. The van der Waals surface area contributed by atoms with Crippen LogP contribution >= 0.6 is 0 Å². The van der Waals surface area contributed by atoms with Crippen LogP contribution in [0.2, 0.25) is 0 Å². The number of carbonyl (C=O) groups is 3. The number of carbonyl (C=O) groups excluding carboxylic acids is 3. The van der Waals surface area contributed by atoms with Crippen LogP contribution in [0.25, 0.3) is 21.9 Å². The maximum absolute atomic E-state index is 12.3. The minimum absolute atomic E-state index is 0.0566. The average molecular weight is 463 g/mol. The molecule has 32 heavy (non-hydrogen) atoms. The third-order valence-electron chi connectivity index (χ3n) is 4.74. The number of ether oxygens (including phenoxy) is 1.